The standard InChI is InChI=1S/C22H34N6/c1-17(2)28-12-8-9-18(15-28)13-25-22(23-3)27(4)16-21-24-14-20(26-21)19-10-6-5-7-11-19/h5-7,10-11,14,17-18H,8-9,12-13,15-16H2,1-4H3,(H,23,25)(H,24,26). The third-order valence-electron chi connectivity index (χ3n) is 5.50. The van der Waals surface area contributed by atoms with E-state index in [1.165, 1.54) is 25.9 Å². The molecule has 1 fully saturated rings. The van der Waals surface area contributed by atoms with Crippen molar-refractivity contribution in [3.05, 3.63) is 42.4 Å². The van der Waals surface area contributed by atoms with Gasteiger partial charge in [-0.15, -0.1) is 0 Å². The lowest BCUT2D eigenvalue weighted by Crippen LogP contribution is -2.46. The van der Waals surface area contributed by atoms with Crippen LogP contribution < -0.4 is 5.32 Å². The summed E-state index contributed by atoms with van der Waals surface area (Å²) >= 11 is 0. The van der Waals surface area contributed by atoms with E-state index < -0.39 is 0 Å². The maximum atomic E-state index is 4.54. The van der Waals surface area contributed by atoms with Crippen molar-refractivity contribution < 1.29 is 0 Å². The summed E-state index contributed by atoms with van der Waals surface area (Å²) < 4.78 is 0. The van der Waals surface area contributed by atoms with Gasteiger partial charge in [-0.1, -0.05) is 30.3 Å². The topological polar surface area (TPSA) is 59.6 Å². The van der Waals surface area contributed by atoms with E-state index in [1.807, 2.05) is 31.4 Å². The van der Waals surface area contributed by atoms with Crippen LogP contribution in [0.5, 0.6) is 0 Å². The van der Waals surface area contributed by atoms with E-state index in [0.717, 1.165) is 29.6 Å². The quantitative estimate of drug-likeness (QED) is 0.595. The Bertz CT molecular complexity index is 751. The van der Waals surface area contributed by atoms with Gasteiger partial charge in [-0.05, 0) is 44.7 Å². The Morgan fingerprint density at radius 1 is 1.36 bits per heavy atom. The van der Waals surface area contributed by atoms with Crippen LogP contribution in [-0.2, 0) is 6.54 Å². The third kappa shape index (κ3) is 5.35. The van der Waals surface area contributed by atoms with Gasteiger partial charge in [-0.3, -0.25) is 4.99 Å². The summed E-state index contributed by atoms with van der Waals surface area (Å²) in [7, 11) is 3.90. The minimum atomic E-state index is 0.627. The molecule has 1 aliphatic heterocycles. The lowest BCUT2D eigenvalue weighted by Gasteiger charge is -2.36. The van der Waals surface area contributed by atoms with Crippen molar-refractivity contribution in [2.45, 2.75) is 39.3 Å². The van der Waals surface area contributed by atoms with E-state index in [1.54, 1.807) is 0 Å². The first kappa shape index (κ1) is 20.4. The number of nitrogens with zero attached hydrogens (tertiary/aromatic N) is 4. The van der Waals surface area contributed by atoms with Crippen molar-refractivity contribution in [2.24, 2.45) is 10.9 Å². The molecule has 1 aromatic heterocycles. The zero-order valence-electron chi connectivity index (χ0n) is 17.7. The number of hydrogen-bond acceptors (Lipinski definition) is 3. The van der Waals surface area contributed by atoms with Crippen molar-refractivity contribution in [1.82, 2.24) is 25.1 Å². The molecule has 1 aliphatic rings. The summed E-state index contributed by atoms with van der Waals surface area (Å²) in [6.07, 6.45) is 4.47. The van der Waals surface area contributed by atoms with E-state index in [2.05, 4.69) is 63.1 Å². The van der Waals surface area contributed by atoms with Gasteiger partial charge in [0.15, 0.2) is 5.96 Å². The van der Waals surface area contributed by atoms with Crippen LogP contribution in [0.3, 0.4) is 0 Å². The maximum Gasteiger partial charge on any atom is 0.193 e. The molecule has 1 aromatic carbocycles. The number of guanidine groups is 1. The van der Waals surface area contributed by atoms with Gasteiger partial charge >= 0.3 is 0 Å². The second kappa shape index (κ2) is 9.73. The summed E-state index contributed by atoms with van der Waals surface area (Å²) in [5.74, 6) is 2.53. The fourth-order valence-electron chi connectivity index (χ4n) is 3.86. The Morgan fingerprint density at radius 3 is 2.86 bits per heavy atom. The van der Waals surface area contributed by atoms with Crippen LogP contribution in [0.15, 0.2) is 41.5 Å². The molecule has 2 heterocycles. The van der Waals surface area contributed by atoms with Gasteiger partial charge in [0.25, 0.3) is 0 Å². The molecule has 0 bridgehead atoms. The first-order valence-electron chi connectivity index (χ1n) is 10.3. The zero-order valence-corrected chi connectivity index (χ0v) is 17.7. The highest BCUT2D eigenvalue weighted by molar-refractivity contribution is 5.79. The molecule has 0 saturated carbocycles. The highest BCUT2D eigenvalue weighted by Gasteiger charge is 2.22. The van der Waals surface area contributed by atoms with Crippen LogP contribution in [0, 0.1) is 5.92 Å². The van der Waals surface area contributed by atoms with Crippen LogP contribution in [-0.4, -0.2) is 65.5 Å². The first-order chi connectivity index (χ1) is 13.6. The Labute approximate surface area is 169 Å². The van der Waals surface area contributed by atoms with Gasteiger partial charge in [-0.2, -0.15) is 0 Å². The van der Waals surface area contributed by atoms with Crippen LogP contribution in [0.4, 0.5) is 0 Å². The second-order valence-electron chi connectivity index (χ2n) is 7.99. The lowest BCUT2D eigenvalue weighted by molar-refractivity contribution is 0.140. The van der Waals surface area contributed by atoms with Crippen molar-refractivity contribution >= 4 is 5.96 Å². The van der Waals surface area contributed by atoms with Crippen molar-refractivity contribution in [1.29, 1.82) is 0 Å². The smallest absolute Gasteiger partial charge is 0.193 e. The highest BCUT2D eigenvalue weighted by atomic mass is 15.3. The molecule has 2 N–H and O–H groups in total. The molecule has 6 heteroatoms. The second-order valence-corrected chi connectivity index (χ2v) is 7.99. The number of H-pyrrole nitrogens is 1. The van der Waals surface area contributed by atoms with Gasteiger partial charge in [-0.25, -0.2) is 4.98 Å². The summed E-state index contributed by atoms with van der Waals surface area (Å²) in [5.41, 5.74) is 2.20. The predicted octanol–water partition coefficient (Wildman–Crippen LogP) is 3.20. The van der Waals surface area contributed by atoms with Crippen LogP contribution in [0.25, 0.3) is 11.3 Å². The van der Waals surface area contributed by atoms with Gasteiger partial charge in [0.1, 0.15) is 5.82 Å². The molecule has 28 heavy (non-hydrogen) atoms. The monoisotopic (exact) mass is 382 g/mol. The molecular weight excluding hydrogens is 348 g/mol. The van der Waals surface area contributed by atoms with E-state index in [-0.39, 0.29) is 0 Å². The van der Waals surface area contributed by atoms with Crippen molar-refractivity contribution in [3.8, 4) is 11.3 Å². The largest absolute Gasteiger partial charge is 0.356 e. The van der Waals surface area contributed by atoms with Crippen LogP contribution >= 0.6 is 0 Å². The fourth-order valence-corrected chi connectivity index (χ4v) is 3.86. The van der Waals surface area contributed by atoms with Gasteiger partial charge in [0, 0.05) is 33.2 Å². The number of aromatic amines is 1. The molecule has 2 aromatic rings. The Balaban J connectivity index is 1.53. The number of aliphatic imine (C=N–C) groups is 1. The minimum Gasteiger partial charge on any atom is -0.356 e. The summed E-state index contributed by atoms with van der Waals surface area (Å²) in [4.78, 5) is 17.1. The molecule has 0 spiro atoms. The third-order valence-corrected chi connectivity index (χ3v) is 5.50. The Morgan fingerprint density at radius 2 is 2.14 bits per heavy atom. The Kier molecular flexibility index (Phi) is 7.09. The molecule has 3 rings (SSSR count). The van der Waals surface area contributed by atoms with E-state index in [0.29, 0.717) is 18.5 Å². The average molecular weight is 383 g/mol. The number of imidazole rings is 1. The number of aromatic nitrogens is 2. The van der Waals surface area contributed by atoms with Crippen molar-refractivity contribution in [3.63, 3.8) is 0 Å². The number of rotatable bonds is 6. The summed E-state index contributed by atoms with van der Waals surface area (Å²) in [6, 6.07) is 10.9. The maximum absolute atomic E-state index is 4.54. The van der Waals surface area contributed by atoms with Crippen LogP contribution in [0.2, 0.25) is 0 Å². The molecule has 1 saturated heterocycles. The van der Waals surface area contributed by atoms with Gasteiger partial charge in [0.05, 0.1) is 18.4 Å². The molecule has 0 radical (unpaired) electrons. The zero-order chi connectivity index (χ0) is 19.9. The first-order valence-corrected chi connectivity index (χ1v) is 10.3. The molecule has 1 unspecified atom stereocenters. The normalized spacial score (nSPS) is 18.5. The SMILES string of the molecule is CN=C(NCC1CCCN(C(C)C)C1)N(C)Cc1ncc(-c2ccccc2)[nH]1. The molecule has 0 aliphatic carbocycles. The number of nitrogens with one attached hydrogen (secondary N) is 2. The van der Waals surface area contributed by atoms with Gasteiger partial charge in [0.2, 0.25) is 0 Å². The van der Waals surface area contributed by atoms with Crippen LogP contribution in [0.1, 0.15) is 32.5 Å². The minimum absolute atomic E-state index is 0.627. The van der Waals surface area contributed by atoms with E-state index in [9.17, 15) is 0 Å². The number of piperidine rings is 1. The number of benzene rings is 1. The van der Waals surface area contributed by atoms with Gasteiger partial charge < -0.3 is 20.1 Å². The number of likely N-dealkylation sites (tertiary alicyclic amines) is 1. The summed E-state index contributed by atoms with van der Waals surface area (Å²) in [5, 5.41) is 3.56. The molecule has 0 amide bonds. The number of hydrogen-bond donors (Lipinski definition) is 2. The average Bonchev–Trinajstić information content (AvgIpc) is 3.18. The van der Waals surface area contributed by atoms with E-state index >= 15 is 0 Å². The molecule has 1 atom stereocenters. The van der Waals surface area contributed by atoms with E-state index in [4.69, 9.17) is 0 Å². The van der Waals surface area contributed by atoms with Crippen molar-refractivity contribution in [2.75, 3.05) is 33.7 Å². The highest BCUT2D eigenvalue weighted by Crippen LogP contribution is 2.18. The lowest BCUT2D eigenvalue weighted by atomic mass is 9.97. The predicted molar refractivity (Wildman–Crippen MR) is 116 cm³/mol. The summed E-state index contributed by atoms with van der Waals surface area (Å²) in [6.45, 7) is 8.63. The Hall–Kier alpha value is -2.34. The fraction of sp³-hybridized carbons (Fsp3) is 0.545. The molecular formula is C22H34N6. The molecule has 6 nitrogen and oxygen atoms in total. The molecule has 152 valence electrons.